The first-order valence-corrected chi connectivity index (χ1v) is 9.76. The third-order valence-corrected chi connectivity index (χ3v) is 5.13. The highest BCUT2D eigenvalue weighted by Gasteiger charge is 2.29. The van der Waals surface area contributed by atoms with Gasteiger partial charge in [-0.25, -0.2) is 0 Å². The molecule has 1 amide bonds. The SMILES string of the molecule is CC#CN1c2ccc(NC(=O)c3ccccc3)cc2CC1Cc1ccc(C)nc1. The van der Waals surface area contributed by atoms with E-state index in [9.17, 15) is 4.79 Å². The number of aromatic nitrogens is 1. The molecule has 0 radical (unpaired) electrons. The fourth-order valence-electron chi connectivity index (χ4n) is 3.72. The van der Waals surface area contributed by atoms with Crippen LogP contribution in [-0.2, 0) is 12.8 Å². The summed E-state index contributed by atoms with van der Waals surface area (Å²) < 4.78 is 0. The Hall–Kier alpha value is -3.58. The van der Waals surface area contributed by atoms with Crippen molar-refractivity contribution in [3.05, 3.63) is 89.2 Å². The number of nitrogens with zero attached hydrogens (tertiary/aromatic N) is 2. The number of rotatable bonds is 4. The zero-order chi connectivity index (χ0) is 20.2. The van der Waals surface area contributed by atoms with Crippen molar-refractivity contribution in [3.63, 3.8) is 0 Å². The highest BCUT2D eigenvalue weighted by molar-refractivity contribution is 6.04. The lowest BCUT2D eigenvalue weighted by molar-refractivity contribution is 0.102. The number of anilines is 2. The smallest absolute Gasteiger partial charge is 0.255 e. The minimum Gasteiger partial charge on any atom is -0.322 e. The molecule has 29 heavy (non-hydrogen) atoms. The Morgan fingerprint density at radius 2 is 2.00 bits per heavy atom. The zero-order valence-electron chi connectivity index (χ0n) is 16.6. The van der Waals surface area contributed by atoms with E-state index in [1.807, 2.05) is 68.6 Å². The summed E-state index contributed by atoms with van der Waals surface area (Å²) >= 11 is 0. The first-order chi connectivity index (χ1) is 14.1. The quantitative estimate of drug-likeness (QED) is 0.672. The molecule has 0 saturated heterocycles. The minimum absolute atomic E-state index is 0.101. The van der Waals surface area contributed by atoms with Crippen molar-refractivity contribution in [2.24, 2.45) is 0 Å². The van der Waals surface area contributed by atoms with Crippen LogP contribution in [0.5, 0.6) is 0 Å². The summed E-state index contributed by atoms with van der Waals surface area (Å²) in [6.45, 7) is 3.85. The van der Waals surface area contributed by atoms with Gasteiger partial charge in [0.15, 0.2) is 0 Å². The second kappa shape index (κ2) is 8.20. The van der Waals surface area contributed by atoms with E-state index >= 15 is 0 Å². The fraction of sp³-hybridized carbons (Fsp3) is 0.200. The molecule has 0 spiro atoms. The van der Waals surface area contributed by atoms with Crippen molar-refractivity contribution in [2.45, 2.75) is 32.7 Å². The number of carbonyl (C=O) groups is 1. The summed E-state index contributed by atoms with van der Waals surface area (Å²) in [7, 11) is 0. The number of hydrogen-bond donors (Lipinski definition) is 1. The van der Waals surface area contributed by atoms with Gasteiger partial charge in [0, 0.05) is 29.2 Å². The Morgan fingerprint density at radius 3 is 2.72 bits per heavy atom. The van der Waals surface area contributed by atoms with Crippen molar-refractivity contribution in [1.29, 1.82) is 0 Å². The molecule has 2 heterocycles. The molecule has 1 N–H and O–H groups in total. The molecule has 1 aromatic heterocycles. The molecule has 0 aliphatic carbocycles. The molecule has 0 fully saturated rings. The molecular weight excluding hydrogens is 358 g/mol. The second-order valence-electron chi connectivity index (χ2n) is 7.27. The standard InChI is InChI=1S/C25H23N3O/c1-3-13-28-23(14-19-10-9-18(2)26-17-19)16-21-15-22(11-12-24(21)28)27-25(29)20-7-5-4-6-8-20/h4-12,15,17,23H,14,16H2,1-2H3,(H,27,29). The van der Waals surface area contributed by atoms with Crippen molar-refractivity contribution < 1.29 is 4.79 Å². The maximum atomic E-state index is 12.5. The molecule has 1 atom stereocenters. The predicted octanol–water partition coefficient (Wildman–Crippen LogP) is 4.60. The van der Waals surface area contributed by atoms with Gasteiger partial charge in [0.2, 0.25) is 0 Å². The Balaban J connectivity index is 1.55. The summed E-state index contributed by atoms with van der Waals surface area (Å²) in [6, 6.07) is 23.0. The summed E-state index contributed by atoms with van der Waals surface area (Å²) in [6.07, 6.45) is 3.71. The van der Waals surface area contributed by atoms with E-state index < -0.39 is 0 Å². The number of fused-ring (bicyclic) bond motifs is 1. The molecule has 2 aromatic carbocycles. The highest BCUT2D eigenvalue weighted by Crippen LogP contribution is 2.35. The number of hydrogen-bond acceptors (Lipinski definition) is 3. The lowest BCUT2D eigenvalue weighted by atomic mass is 10.0. The monoisotopic (exact) mass is 381 g/mol. The van der Waals surface area contributed by atoms with Crippen molar-refractivity contribution in [1.82, 2.24) is 4.98 Å². The first-order valence-electron chi connectivity index (χ1n) is 9.76. The van der Waals surface area contributed by atoms with E-state index in [1.54, 1.807) is 0 Å². The Kier molecular flexibility index (Phi) is 5.31. The van der Waals surface area contributed by atoms with E-state index in [0.29, 0.717) is 5.56 Å². The third-order valence-electron chi connectivity index (χ3n) is 5.13. The van der Waals surface area contributed by atoms with Gasteiger partial charge < -0.3 is 5.32 Å². The van der Waals surface area contributed by atoms with Crippen LogP contribution in [-0.4, -0.2) is 16.9 Å². The van der Waals surface area contributed by atoms with Crippen molar-refractivity contribution >= 4 is 17.3 Å². The van der Waals surface area contributed by atoms with E-state index in [0.717, 1.165) is 29.9 Å². The van der Waals surface area contributed by atoms with Crippen LogP contribution in [0.3, 0.4) is 0 Å². The molecule has 144 valence electrons. The van der Waals surface area contributed by atoms with Gasteiger partial charge in [0.05, 0.1) is 11.7 Å². The maximum Gasteiger partial charge on any atom is 0.255 e. The molecule has 1 unspecified atom stereocenters. The average Bonchev–Trinajstić information content (AvgIpc) is 3.07. The number of carbonyl (C=O) groups excluding carboxylic acids is 1. The van der Waals surface area contributed by atoms with Gasteiger partial charge in [-0.2, -0.15) is 0 Å². The maximum absolute atomic E-state index is 12.5. The van der Waals surface area contributed by atoms with E-state index in [4.69, 9.17) is 0 Å². The van der Waals surface area contributed by atoms with Crippen LogP contribution in [0.1, 0.15) is 34.1 Å². The summed E-state index contributed by atoms with van der Waals surface area (Å²) in [5, 5.41) is 3.00. The second-order valence-corrected chi connectivity index (χ2v) is 7.27. The van der Waals surface area contributed by atoms with Gasteiger partial charge >= 0.3 is 0 Å². The number of pyridine rings is 1. The molecule has 1 aliphatic rings. The summed E-state index contributed by atoms with van der Waals surface area (Å²) in [5.74, 6) is 2.93. The van der Waals surface area contributed by atoms with Crippen LogP contribution >= 0.6 is 0 Å². The third kappa shape index (κ3) is 4.14. The van der Waals surface area contributed by atoms with E-state index in [-0.39, 0.29) is 11.9 Å². The minimum atomic E-state index is -0.101. The van der Waals surface area contributed by atoms with Crippen LogP contribution in [0.25, 0.3) is 0 Å². The lowest BCUT2D eigenvalue weighted by Crippen LogP contribution is -2.29. The summed E-state index contributed by atoms with van der Waals surface area (Å²) in [4.78, 5) is 19.0. The molecule has 3 aromatic rings. The van der Waals surface area contributed by atoms with Gasteiger partial charge in [-0.15, -0.1) is 0 Å². The first kappa shape index (κ1) is 18.8. The average molecular weight is 381 g/mol. The number of aryl methyl sites for hydroxylation is 1. The van der Waals surface area contributed by atoms with Gasteiger partial charge in [-0.3, -0.25) is 14.7 Å². The molecular formula is C25H23N3O. The van der Waals surface area contributed by atoms with Gasteiger partial charge in [0.25, 0.3) is 5.91 Å². The molecule has 0 saturated carbocycles. The topological polar surface area (TPSA) is 45.2 Å². The van der Waals surface area contributed by atoms with Crippen molar-refractivity contribution in [3.8, 4) is 12.0 Å². The molecule has 0 bridgehead atoms. The summed E-state index contributed by atoms with van der Waals surface area (Å²) in [5.41, 5.74) is 5.99. The molecule has 4 nitrogen and oxygen atoms in total. The molecule has 4 heteroatoms. The van der Waals surface area contributed by atoms with Gasteiger partial charge in [0.1, 0.15) is 0 Å². The number of benzene rings is 2. The van der Waals surface area contributed by atoms with Crippen LogP contribution in [0, 0.1) is 18.9 Å². The van der Waals surface area contributed by atoms with E-state index in [2.05, 4.69) is 39.3 Å². The zero-order valence-corrected chi connectivity index (χ0v) is 16.6. The normalized spacial score (nSPS) is 14.7. The van der Waals surface area contributed by atoms with E-state index in [1.165, 1.54) is 11.1 Å². The Bertz CT molecular complexity index is 1080. The lowest BCUT2D eigenvalue weighted by Gasteiger charge is -2.21. The largest absolute Gasteiger partial charge is 0.322 e. The van der Waals surface area contributed by atoms with Gasteiger partial charge in [-0.05, 0) is 74.2 Å². The highest BCUT2D eigenvalue weighted by atomic mass is 16.1. The van der Waals surface area contributed by atoms with Gasteiger partial charge in [-0.1, -0.05) is 30.2 Å². The van der Waals surface area contributed by atoms with Crippen LogP contribution in [0.2, 0.25) is 0 Å². The van der Waals surface area contributed by atoms with Crippen LogP contribution < -0.4 is 10.2 Å². The Morgan fingerprint density at radius 1 is 1.17 bits per heavy atom. The number of nitrogens with one attached hydrogen (secondary N) is 1. The molecule has 4 rings (SSSR count). The number of amides is 1. The Labute approximate surface area is 171 Å². The predicted molar refractivity (Wildman–Crippen MR) is 117 cm³/mol. The van der Waals surface area contributed by atoms with Crippen LogP contribution in [0.15, 0.2) is 66.9 Å². The van der Waals surface area contributed by atoms with Crippen LogP contribution in [0.4, 0.5) is 11.4 Å². The fourth-order valence-corrected chi connectivity index (χ4v) is 3.72. The molecule has 1 aliphatic heterocycles. The van der Waals surface area contributed by atoms with Crippen molar-refractivity contribution in [2.75, 3.05) is 10.2 Å².